The van der Waals surface area contributed by atoms with Gasteiger partial charge in [0.1, 0.15) is 35.5 Å². The molecule has 2 aromatic carbocycles. The molecule has 0 spiro atoms. The highest BCUT2D eigenvalue weighted by Gasteiger charge is 2.36. The number of amides is 6. The molecule has 0 bridgehead atoms. The number of aliphatic carboxylic acids is 2. The number of ether oxygens (including phenoxy) is 2. The summed E-state index contributed by atoms with van der Waals surface area (Å²) in [4.78, 5) is 116. The largest absolute Gasteiger partial charge is 0.480 e. The topological polar surface area (TPSA) is 312 Å². The van der Waals surface area contributed by atoms with Gasteiger partial charge in [0.15, 0.2) is 0 Å². The van der Waals surface area contributed by atoms with Crippen molar-refractivity contribution in [3.05, 3.63) is 78.0 Å². The summed E-state index contributed by atoms with van der Waals surface area (Å²) in [6.45, 7) is 6.33. The highest BCUT2D eigenvalue weighted by molar-refractivity contribution is 5.98. The number of carbonyl (C=O) groups excluding carboxylic acids is 7. The van der Waals surface area contributed by atoms with Crippen molar-refractivity contribution < 1.29 is 62.8 Å². The number of benzene rings is 2. The van der Waals surface area contributed by atoms with Crippen LogP contribution in [0.3, 0.4) is 0 Å². The van der Waals surface area contributed by atoms with Crippen LogP contribution in [0.1, 0.15) is 94.7 Å². The number of aromatic nitrogens is 1. The van der Waals surface area contributed by atoms with E-state index in [1.54, 1.807) is 57.2 Å². The molecule has 3 rings (SSSR count). The number of carboxylic acid groups (broad SMARTS) is 2. The lowest BCUT2D eigenvalue weighted by Gasteiger charge is -2.27. The molecule has 0 saturated carbocycles. The molecule has 0 unspecified atom stereocenters. The quantitative estimate of drug-likeness (QED) is 0.0500. The number of rotatable bonds is 23. The normalized spacial score (nSPS) is 13.5. The van der Waals surface area contributed by atoms with Crippen molar-refractivity contribution >= 4 is 64.4 Å². The molecule has 1 aromatic heterocycles. The standard InChI is InChI=1S/C42H53N7O13/c1-24(45-38(55)29-18-17-25-12-8-9-15-27(25)46-29)37(54)48-28(36(43)53)19-20-32(51)47-30(39(56)57)16-10-11-23-44-31(50)21-22-33(52)61-35(40(58)59)34(26-13-6-5-7-14-26)49-41(60)62-42(2,3)4/h5-9,12-15,17-18,24,28,30,34-35H,10-11,16,19-23H2,1-4H3,(H2,43,53)(H,44,50)(H,45,55)(H,47,51)(H,48,54)(H,49,60)(H,56,57)(H,58,59)/t24-,28+,30-,34-,35+/m0/s1. The summed E-state index contributed by atoms with van der Waals surface area (Å²) in [5, 5.41) is 32.6. The molecular weight excluding hydrogens is 810 g/mol. The number of primary amides is 1. The molecule has 0 saturated heterocycles. The van der Waals surface area contributed by atoms with Gasteiger partial charge < -0.3 is 52.0 Å². The van der Waals surface area contributed by atoms with Crippen LogP contribution >= 0.6 is 0 Å². The number of esters is 1. The summed E-state index contributed by atoms with van der Waals surface area (Å²) >= 11 is 0. The zero-order valence-electron chi connectivity index (χ0n) is 34.8. The maximum atomic E-state index is 12.8. The van der Waals surface area contributed by atoms with Crippen LogP contribution in [0.4, 0.5) is 4.79 Å². The molecule has 5 atom stereocenters. The van der Waals surface area contributed by atoms with E-state index in [9.17, 15) is 53.4 Å². The lowest BCUT2D eigenvalue weighted by atomic mass is 10.0. The fourth-order valence-electron chi connectivity index (χ4n) is 5.81. The Bertz CT molecular complexity index is 2090. The van der Waals surface area contributed by atoms with E-state index in [1.807, 2.05) is 12.1 Å². The number of para-hydroxylation sites is 1. The monoisotopic (exact) mass is 863 g/mol. The van der Waals surface area contributed by atoms with Crippen molar-refractivity contribution in [2.24, 2.45) is 5.73 Å². The van der Waals surface area contributed by atoms with E-state index >= 15 is 0 Å². The van der Waals surface area contributed by atoms with Crippen LogP contribution in [0.5, 0.6) is 0 Å². The van der Waals surface area contributed by atoms with Gasteiger partial charge in [-0.3, -0.25) is 28.8 Å². The van der Waals surface area contributed by atoms with Crippen LogP contribution in [0, 0.1) is 0 Å². The maximum absolute atomic E-state index is 12.8. The highest BCUT2D eigenvalue weighted by atomic mass is 16.6. The van der Waals surface area contributed by atoms with Crippen LogP contribution in [-0.2, 0) is 43.0 Å². The number of fused-ring (bicyclic) bond motifs is 1. The molecule has 0 aliphatic carbocycles. The number of alkyl carbamates (subject to hydrolysis) is 1. The van der Waals surface area contributed by atoms with E-state index in [4.69, 9.17) is 15.2 Å². The van der Waals surface area contributed by atoms with E-state index < -0.39 is 95.8 Å². The van der Waals surface area contributed by atoms with Gasteiger partial charge in [0.05, 0.1) is 11.9 Å². The fourth-order valence-corrected chi connectivity index (χ4v) is 5.81. The molecule has 9 N–H and O–H groups in total. The zero-order valence-corrected chi connectivity index (χ0v) is 34.8. The lowest BCUT2D eigenvalue weighted by molar-refractivity contribution is -0.166. The third kappa shape index (κ3) is 16.9. The fraction of sp³-hybridized carbons (Fsp3) is 0.429. The minimum atomic E-state index is -1.86. The number of carboxylic acids is 2. The van der Waals surface area contributed by atoms with Crippen molar-refractivity contribution in [1.82, 2.24) is 31.6 Å². The first-order chi connectivity index (χ1) is 29.2. The Morgan fingerprint density at radius 1 is 0.726 bits per heavy atom. The van der Waals surface area contributed by atoms with Crippen LogP contribution in [0.25, 0.3) is 10.9 Å². The number of nitrogens with zero attached hydrogens (tertiary/aromatic N) is 1. The van der Waals surface area contributed by atoms with E-state index in [2.05, 4.69) is 31.6 Å². The SMILES string of the molecule is C[C@H](NC(=O)c1ccc2ccccc2n1)C(=O)N[C@H](CCC(=O)N[C@@H](CCCCNC(=O)CCC(=O)O[C@@H](C(=O)O)[C@@H](NC(=O)OC(C)(C)C)c1ccccc1)C(=O)O)C(N)=O. The lowest BCUT2D eigenvalue weighted by Crippen LogP contribution is -2.52. The molecule has 20 nitrogen and oxygen atoms in total. The molecule has 0 fully saturated rings. The minimum Gasteiger partial charge on any atom is -0.480 e. The highest BCUT2D eigenvalue weighted by Crippen LogP contribution is 2.22. The van der Waals surface area contributed by atoms with Gasteiger partial charge in [0.25, 0.3) is 5.91 Å². The Hall–Kier alpha value is -7.12. The van der Waals surface area contributed by atoms with Crippen LogP contribution in [0.15, 0.2) is 66.7 Å². The number of hydrogen-bond acceptors (Lipinski definition) is 12. The Kier molecular flexibility index (Phi) is 18.8. The van der Waals surface area contributed by atoms with E-state index in [0.717, 1.165) is 5.39 Å². The molecule has 20 heteroatoms. The van der Waals surface area contributed by atoms with Crippen LogP contribution in [-0.4, -0.2) is 105 Å². The predicted molar refractivity (Wildman–Crippen MR) is 221 cm³/mol. The zero-order chi connectivity index (χ0) is 46.0. The summed E-state index contributed by atoms with van der Waals surface area (Å²) in [5.74, 6) is -7.55. The van der Waals surface area contributed by atoms with Gasteiger partial charge in [-0.1, -0.05) is 54.6 Å². The summed E-state index contributed by atoms with van der Waals surface area (Å²) < 4.78 is 10.4. The summed E-state index contributed by atoms with van der Waals surface area (Å²) in [5.41, 5.74) is 5.51. The number of pyridine rings is 1. The second-order valence-electron chi connectivity index (χ2n) is 15.2. The van der Waals surface area contributed by atoms with E-state index in [1.165, 1.54) is 25.1 Å². The van der Waals surface area contributed by atoms with Gasteiger partial charge in [-0.15, -0.1) is 0 Å². The second-order valence-corrected chi connectivity index (χ2v) is 15.2. The first-order valence-corrected chi connectivity index (χ1v) is 19.8. The molecule has 334 valence electrons. The van der Waals surface area contributed by atoms with Crippen molar-refractivity contribution in [3.63, 3.8) is 0 Å². The average molecular weight is 864 g/mol. The van der Waals surface area contributed by atoms with Crippen LogP contribution < -0.4 is 32.3 Å². The van der Waals surface area contributed by atoms with E-state index in [0.29, 0.717) is 11.1 Å². The summed E-state index contributed by atoms with van der Waals surface area (Å²) in [7, 11) is 0. The first kappa shape index (κ1) is 49.2. The van der Waals surface area contributed by atoms with Crippen molar-refractivity contribution in [2.45, 2.75) is 109 Å². The first-order valence-electron chi connectivity index (χ1n) is 19.8. The summed E-state index contributed by atoms with van der Waals surface area (Å²) in [6.07, 6.45) is -3.79. The van der Waals surface area contributed by atoms with Crippen LogP contribution in [0.2, 0.25) is 0 Å². The number of nitrogens with two attached hydrogens (primary N) is 1. The smallest absolute Gasteiger partial charge is 0.408 e. The Balaban J connectivity index is 1.40. The van der Waals surface area contributed by atoms with E-state index in [-0.39, 0.29) is 50.8 Å². The van der Waals surface area contributed by atoms with Crippen molar-refractivity contribution in [2.75, 3.05) is 6.54 Å². The molecule has 0 aliphatic heterocycles. The minimum absolute atomic E-state index is 0.0287. The van der Waals surface area contributed by atoms with Gasteiger partial charge in [-0.05, 0) is 71.1 Å². The summed E-state index contributed by atoms with van der Waals surface area (Å²) in [6, 6.07) is 13.3. The van der Waals surface area contributed by atoms with Crippen molar-refractivity contribution in [3.8, 4) is 0 Å². The molecule has 0 radical (unpaired) electrons. The second kappa shape index (κ2) is 23.6. The number of carbonyl (C=O) groups is 9. The third-order valence-electron chi connectivity index (χ3n) is 8.96. The van der Waals surface area contributed by atoms with Gasteiger partial charge >= 0.3 is 24.0 Å². The van der Waals surface area contributed by atoms with Gasteiger partial charge in [0, 0.05) is 24.8 Å². The van der Waals surface area contributed by atoms with Gasteiger partial charge in [0.2, 0.25) is 29.7 Å². The van der Waals surface area contributed by atoms with Gasteiger partial charge in [-0.2, -0.15) is 0 Å². The number of unbranched alkanes of at least 4 members (excludes halogenated alkanes) is 1. The maximum Gasteiger partial charge on any atom is 0.408 e. The molecular formula is C42H53N7O13. The molecule has 6 amide bonds. The third-order valence-corrected chi connectivity index (χ3v) is 8.96. The predicted octanol–water partition coefficient (Wildman–Crippen LogP) is 2.00. The molecule has 0 aliphatic rings. The number of nitrogens with one attached hydrogen (secondary N) is 5. The average Bonchev–Trinajstić information content (AvgIpc) is 3.21. The molecule has 3 aromatic rings. The molecule has 1 heterocycles. The number of hydrogen-bond donors (Lipinski definition) is 8. The van der Waals surface area contributed by atoms with Crippen molar-refractivity contribution in [1.29, 1.82) is 0 Å². The molecule has 62 heavy (non-hydrogen) atoms. The Morgan fingerprint density at radius 2 is 1.40 bits per heavy atom. The van der Waals surface area contributed by atoms with Gasteiger partial charge in [-0.25, -0.2) is 19.4 Å². The Labute approximate surface area is 357 Å². The Morgan fingerprint density at radius 3 is 2.05 bits per heavy atom.